The fourth-order valence-corrected chi connectivity index (χ4v) is 6.06. The first-order valence-electron chi connectivity index (χ1n) is 7.86. The maximum atomic E-state index is 11.6. The third-order valence-corrected chi connectivity index (χ3v) is 7.98. The van der Waals surface area contributed by atoms with Crippen LogP contribution in [0.1, 0.15) is 12.6 Å². The molecule has 17 nitrogen and oxygen atoms in total. The summed E-state index contributed by atoms with van der Waals surface area (Å²) in [6.45, 7) is -0.924. The Bertz CT molecular complexity index is 1140. The number of halogens is 1. The van der Waals surface area contributed by atoms with E-state index in [9.17, 15) is 38.4 Å². The molecular formula is C10H11BrN5Na4O12P3. The standard InChI is InChI=1S/C10H15BrN5O12P3.4Na/c11-10-15-7-8(12)13-3-14-9(7)16(10)6-1-4(17)5(26-6)2-25-30(21,22)28-31(23,24)27-29(18,19)20;;;;/h3-6,17H,1-2H2,(H,21,22)(H,23,24)(H2,12,13,14)(H2,18,19,20);;;;/q;4*+1/p-4/t4-,5+,6+;;;;/m0..../s1. The molecule has 1 aliphatic rings. The topological polar surface area (TPSA) is 270 Å². The molecule has 0 spiro atoms. The Hall–Kier alpha value is 3.16. The van der Waals surface area contributed by atoms with Crippen LogP contribution in [0, 0.1) is 0 Å². The summed E-state index contributed by atoms with van der Waals surface area (Å²) in [7, 11) is -17.9. The van der Waals surface area contributed by atoms with Crippen molar-refractivity contribution in [3.8, 4) is 0 Å². The van der Waals surface area contributed by atoms with Crippen molar-refractivity contribution in [2.45, 2.75) is 24.9 Å². The van der Waals surface area contributed by atoms with Crippen molar-refractivity contribution in [1.29, 1.82) is 0 Å². The summed E-state index contributed by atoms with van der Waals surface area (Å²) in [6, 6.07) is 0. The van der Waals surface area contributed by atoms with Crippen LogP contribution in [0.4, 0.5) is 5.82 Å². The van der Waals surface area contributed by atoms with Gasteiger partial charge in [0, 0.05) is 6.42 Å². The molecule has 2 unspecified atom stereocenters. The summed E-state index contributed by atoms with van der Waals surface area (Å²) < 4.78 is 51.1. The number of anilines is 1. The zero-order valence-electron chi connectivity index (χ0n) is 18.7. The van der Waals surface area contributed by atoms with Gasteiger partial charge < -0.3 is 44.2 Å². The van der Waals surface area contributed by atoms with Gasteiger partial charge in [0.15, 0.2) is 21.7 Å². The molecule has 0 amide bonds. The number of nitrogens with two attached hydrogens (primary N) is 1. The minimum atomic E-state index is -6.10. The summed E-state index contributed by atoms with van der Waals surface area (Å²) in [5.41, 5.74) is 6.21. The molecule has 0 aromatic carbocycles. The maximum Gasteiger partial charge on any atom is 1.00 e. The number of imidazole rings is 1. The molecule has 2 aromatic heterocycles. The SMILES string of the molecule is Nc1ncnc2c1nc(Br)n2[C@H]1C[C@H](O)[C@@H](COP(=O)([O-])OP(=O)([O-])OP(=O)([O-])[O-])O1.[Na+].[Na+].[Na+].[Na+]. The third-order valence-electron chi connectivity index (χ3n) is 3.75. The van der Waals surface area contributed by atoms with Crippen LogP contribution in [-0.2, 0) is 31.6 Å². The number of ether oxygens (including phenoxy) is 1. The Morgan fingerprint density at radius 1 is 1.11 bits per heavy atom. The molecule has 0 bridgehead atoms. The van der Waals surface area contributed by atoms with E-state index < -0.39 is 48.5 Å². The number of nitrogens with zero attached hydrogens (tertiary/aromatic N) is 4. The quantitative estimate of drug-likeness (QED) is 0.151. The number of aliphatic hydroxyl groups excluding tert-OH is 1. The van der Waals surface area contributed by atoms with Crippen molar-refractivity contribution in [1.82, 2.24) is 19.5 Å². The molecule has 3 rings (SSSR count). The molecule has 2 aromatic rings. The van der Waals surface area contributed by atoms with Crippen LogP contribution in [0.3, 0.4) is 0 Å². The molecule has 35 heavy (non-hydrogen) atoms. The summed E-state index contributed by atoms with van der Waals surface area (Å²) in [6.07, 6.45) is -2.40. The zero-order valence-corrected chi connectivity index (χ0v) is 31.0. The summed E-state index contributed by atoms with van der Waals surface area (Å²) >= 11 is 3.19. The van der Waals surface area contributed by atoms with Crippen molar-refractivity contribution in [2.24, 2.45) is 0 Å². The van der Waals surface area contributed by atoms with E-state index in [0.29, 0.717) is 0 Å². The molecule has 0 radical (unpaired) electrons. The predicted molar refractivity (Wildman–Crippen MR) is 92.9 cm³/mol. The van der Waals surface area contributed by atoms with Gasteiger partial charge in [0.05, 0.1) is 20.5 Å². The summed E-state index contributed by atoms with van der Waals surface area (Å²) in [5.74, 6) is 0.0808. The van der Waals surface area contributed by atoms with E-state index in [1.54, 1.807) is 0 Å². The molecule has 3 heterocycles. The largest absolute Gasteiger partial charge is 1.00 e. The molecule has 1 saturated heterocycles. The molecule has 174 valence electrons. The Morgan fingerprint density at radius 2 is 1.71 bits per heavy atom. The fraction of sp³-hybridized carbons (Fsp3) is 0.500. The van der Waals surface area contributed by atoms with Crippen molar-refractivity contribution >= 4 is 56.4 Å². The normalized spacial score (nSPS) is 23.1. The second kappa shape index (κ2) is 16.0. The van der Waals surface area contributed by atoms with Gasteiger partial charge in [0.25, 0.3) is 15.6 Å². The molecular weight excluding hydrogens is 647 g/mol. The van der Waals surface area contributed by atoms with Gasteiger partial charge in [-0.2, -0.15) is 0 Å². The van der Waals surface area contributed by atoms with Crippen molar-refractivity contribution in [2.75, 3.05) is 12.3 Å². The summed E-state index contributed by atoms with van der Waals surface area (Å²) in [5, 5.41) is 10.2. The van der Waals surface area contributed by atoms with Gasteiger partial charge in [-0.15, -0.1) is 0 Å². The number of nitrogen functional groups attached to an aromatic ring is 1. The molecule has 1 aliphatic heterocycles. The van der Waals surface area contributed by atoms with E-state index in [1.807, 2.05) is 0 Å². The Labute approximate surface area is 294 Å². The van der Waals surface area contributed by atoms with Crippen LogP contribution in [0.5, 0.6) is 0 Å². The van der Waals surface area contributed by atoms with Gasteiger partial charge in [-0.25, -0.2) is 19.3 Å². The van der Waals surface area contributed by atoms with Gasteiger partial charge in [0.2, 0.25) is 0 Å². The Balaban J connectivity index is 0. The van der Waals surface area contributed by atoms with Crippen LogP contribution >= 0.6 is 39.4 Å². The van der Waals surface area contributed by atoms with E-state index in [-0.39, 0.29) is 146 Å². The third kappa shape index (κ3) is 11.5. The predicted octanol–water partition coefficient (Wildman–Crippen LogP) is -14.3. The smallest absolute Gasteiger partial charge is 0.790 e. The van der Waals surface area contributed by atoms with E-state index in [1.165, 1.54) is 10.9 Å². The first-order valence-corrected chi connectivity index (χ1v) is 13.0. The molecule has 3 N–H and O–H groups in total. The van der Waals surface area contributed by atoms with E-state index in [0.717, 1.165) is 0 Å². The van der Waals surface area contributed by atoms with Crippen LogP contribution in [0.2, 0.25) is 0 Å². The van der Waals surface area contributed by atoms with Gasteiger partial charge in [-0.1, -0.05) is 0 Å². The number of phosphoric acid groups is 3. The van der Waals surface area contributed by atoms with Gasteiger partial charge >= 0.3 is 118 Å². The van der Waals surface area contributed by atoms with Gasteiger partial charge in [0.1, 0.15) is 18.7 Å². The van der Waals surface area contributed by atoms with Crippen LogP contribution < -0.4 is 144 Å². The Morgan fingerprint density at radius 3 is 2.29 bits per heavy atom. The minimum absolute atomic E-state index is 0. The van der Waals surface area contributed by atoms with E-state index >= 15 is 0 Å². The first kappa shape index (κ1) is 40.3. The van der Waals surface area contributed by atoms with Crippen molar-refractivity contribution < 1.29 is 174 Å². The zero-order chi connectivity index (χ0) is 23.2. The second-order valence-corrected chi connectivity index (χ2v) is 10.9. The van der Waals surface area contributed by atoms with Crippen LogP contribution in [0.25, 0.3) is 11.2 Å². The van der Waals surface area contributed by atoms with Crippen molar-refractivity contribution in [3.05, 3.63) is 11.1 Å². The number of aliphatic hydroxyl groups is 1. The fourth-order valence-electron chi connectivity index (χ4n) is 2.63. The average Bonchev–Trinajstić information content (AvgIpc) is 3.09. The first-order chi connectivity index (χ1) is 14.2. The second-order valence-electron chi connectivity index (χ2n) is 5.91. The monoisotopic (exact) mass is 657 g/mol. The average molecular weight is 658 g/mol. The van der Waals surface area contributed by atoms with Gasteiger partial charge in [-0.3, -0.25) is 18.0 Å². The Kier molecular flexibility index (Phi) is 18.4. The number of aromatic nitrogens is 4. The molecule has 5 atom stereocenters. The number of rotatable bonds is 8. The molecule has 25 heteroatoms. The van der Waals surface area contributed by atoms with E-state index in [2.05, 4.69) is 44.0 Å². The van der Waals surface area contributed by atoms with Crippen molar-refractivity contribution in [3.63, 3.8) is 0 Å². The molecule has 1 fully saturated rings. The number of phosphoric ester groups is 1. The number of hydrogen-bond donors (Lipinski definition) is 2. The van der Waals surface area contributed by atoms with E-state index in [4.69, 9.17) is 10.5 Å². The van der Waals surface area contributed by atoms with Gasteiger partial charge in [-0.05, 0) is 15.9 Å². The number of fused-ring (bicyclic) bond motifs is 1. The minimum Gasteiger partial charge on any atom is -0.790 e. The van der Waals surface area contributed by atoms with Crippen LogP contribution in [-0.4, -0.2) is 43.4 Å². The maximum absolute atomic E-state index is 11.6. The summed E-state index contributed by atoms with van der Waals surface area (Å²) in [4.78, 5) is 55.4. The molecule has 0 aliphatic carbocycles. The van der Waals surface area contributed by atoms with Crippen LogP contribution in [0.15, 0.2) is 11.1 Å². The molecule has 0 saturated carbocycles. The number of hydrogen-bond acceptors (Lipinski definition) is 16.